The summed E-state index contributed by atoms with van der Waals surface area (Å²) in [7, 11) is 0. The molecule has 22 heavy (non-hydrogen) atoms. The fourth-order valence-corrected chi connectivity index (χ4v) is 3.29. The normalized spacial score (nSPS) is 18.1. The summed E-state index contributed by atoms with van der Waals surface area (Å²) < 4.78 is 5.37. The van der Waals surface area contributed by atoms with Crippen LogP contribution >= 0.6 is 11.3 Å². The quantitative estimate of drug-likeness (QED) is 0.744. The Labute approximate surface area is 131 Å². The number of aromatic nitrogens is 2. The fourth-order valence-electron chi connectivity index (χ4n) is 2.64. The average Bonchev–Trinajstić information content (AvgIpc) is 3.28. The van der Waals surface area contributed by atoms with Gasteiger partial charge in [-0.15, -0.1) is 11.3 Å². The number of thiophene rings is 1. The summed E-state index contributed by atoms with van der Waals surface area (Å²) in [4.78, 5) is 19.4. The van der Waals surface area contributed by atoms with Crippen molar-refractivity contribution in [1.29, 1.82) is 0 Å². The monoisotopic (exact) mass is 311 g/mol. The molecule has 0 aliphatic carbocycles. The van der Waals surface area contributed by atoms with Gasteiger partial charge in [0.2, 0.25) is 17.6 Å². The average molecular weight is 311 g/mol. The Morgan fingerprint density at radius 2 is 2.05 bits per heavy atom. The minimum absolute atomic E-state index is 0.0473. The van der Waals surface area contributed by atoms with E-state index < -0.39 is 0 Å². The van der Waals surface area contributed by atoms with E-state index in [1.165, 1.54) is 0 Å². The van der Waals surface area contributed by atoms with Gasteiger partial charge in [0.25, 0.3) is 0 Å². The number of amides is 1. The summed E-state index contributed by atoms with van der Waals surface area (Å²) in [6.07, 6.45) is 0.404. The second-order valence-corrected chi connectivity index (χ2v) is 6.12. The Hall–Kier alpha value is -2.47. The maximum absolute atomic E-state index is 12.2. The number of hydrogen-bond donors (Lipinski definition) is 0. The molecule has 3 heterocycles. The molecule has 0 saturated carbocycles. The van der Waals surface area contributed by atoms with Crippen LogP contribution in [0.4, 0.5) is 5.69 Å². The molecule has 1 aliphatic heterocycles. The minimum atomic E-state index is -0.0473. The number of carbonyl (C=O) groups excluding carboxylic acids is 1. The van der Waals surface area contributed by atoms with Crippen LogP contribution in [0.3, 0.4) is 0 Å². The zero-order valence-corrected chi connectivity index (χ0v) is 12.5. The molecule has 1 aromatic carbocycles. The highest BCUT2D eigenvalue weighted by Gasteiger charge is 2.35. The first-order chi connectivity index (χ1) is 10.8. The first kappa shape index (κ1) is 13.2. The molecule has 3 aromatic rings. The van der Waals surface area contributed by atoms with Crippen LogP contribution in [0.25, 0.3) is 10.7 Å². The molecule has 6 heteroatoms. The van der Waals surface area contributed by atoms with Gasteiger partial charge in [-0.2, -0.15) is 4.98 Å². The number of hydrogen-bond acceptors (Lipinski definition) is 5. The van der Waals surface area contributed by atoms with Gasteiger partial charge in [-0.1, -0.05) is 29.4 Å². The second-order valence-electron chi connectivity index (χ2n) is 5.17. The third-order valence-corrected chi connectivity index (χ3v) is 4.59. The number of rotatable bonds is 3. The molecule has 5 nitrogen and oxygen atoms in total. The fraction of sp³-hybridized carbons (Fsp3) is 0.188. The molecule has 0 unspecified atom stereocenters. The summed E-state index contributed by atoms with van der Waals surface area (Å²) in [6.45, 7) is 0.578. The largest absolute Gasteiger partial charge is 0.339 e. The smallest absolute Gasteiger partial charge is 0.232 e. The van der Waals surface area contributed by atoms with E-state index in [0.717, 1.165) is 10.6 Å². The molecule has 0 radical (unpaired) electrons. The number of carbonyl (C=O) groups is 1. The Kier molecular flexibility index (Phi) is 3.23. The van der Waals surface area contributed by atoms with Gasteiger partial charge < -0.3 is 9.42 Å². The van der Waals surface area contributed by atoms with Crippen molar-refractivity contribution in [1.82, 2.24) is 10.1 Å². The van der Waals surface area contributed by atoms with Gasteiger partial charge in [-0.3, -0.25) is 4.79 Å². The number of anilines is 1. The van der Waals surface area contributed by atoms with Crippen LogP contribution in [0.1, 0.15) is 18.2 Å². The van der Waals surface area contributed by atoms with Gasteiger partial charge in [0.15, 0.2) is 0 Å². The van der Waals surface area contributed by atoms with E-state index >= 15 is 0 Å². The van der Waals surface area contributed by atoms with E-state index in [-0.39, 0.29) is 11.8 Å². The Morgan fingerprint density at radius 3 is 2.82 bits per heavy atom. The number of para-hydroxylation sites is 1. The Balaban J connectivity index is 1.56. The highest BCUT2D eigenvalue weighted by molar-refractivity contribution is 7.13. The van der Waals surface area contributed by atoms with Crippen LogP contribution in [0.5, 0.6) is 0 Å². The summed E-state index contributed by atoms with van der Waals surface area (Å²) in [5.41, 5.74) is 0.910. The predicted molar refractivity (Wildman–Crippen MR) is 83.8 cm³/mol. The van der Waals surface area contributed by atoms with Crippen molar-refractivity contribution in [3.8, 4) is 10.7 Å². The number of benzene rings is 1. The lowest BCUT2D eigenvalue weighted by Crippen LogP contribution is -2.24. The Morgan fingerprint density at radius 1 is 1.18 bits per heavy atom. The molecule has 4 rings (SSSR count). The Bertz CT molecular complexity index is 783. The molecule has 0 spiro atoms. The van der Waals surface area contributed by atoms with Crippen molar-refractivity contribution in [2.24, 2.45) is 0 Å². The van der Waals surface area contributed by atoms with E-state index in [1.54, 1.807) is 16.2 Å². The van der Waals surface area contributed by atoms with Crippen molar-refractivity contribution in [3.63, 3.8) is 0 Å². The maximum atomic E-state index is 12.2. The molecule has 1 aliphatic rings. The third kappa shape index (κ3) is 2.31. The van der Waals surface area contributed by atoms with Crippen molar-refractivity contribution in [3.05, 3.63) is 53.7 Å². The van der Waals surface area contributed by atoms with E-state index in [9.17, 15) is 4.79 Å². The van der Waals surface area contributed by atoms with Gasteiger partial charge in [-0.25, -0.2) is 0 Å². The zero-order valence-electron chi connectivity index (χ0n) is 11.7. The van der Waals surface area contributed by atoms with Crippen molar-refractivity contribution in [2.75, 3.05) is 11.4 Å². The van der Waals surface area contributed by atoms with Gasteiger partial charge >= 0.3 is 0 Å². The first-order valence-electron chi connectivity index (χ1n) is 7.04. The molecule has 0 N–H and O–H groups in total. The van der Waals surface area contributed by atoms with Crippen LogP contribution in [0.15, 0.2) is 52.4 Å². The molecular weight excluding hydrogens is 298 g/mol. The highest BCUT2D eigenvalue weighted by atomic mass is 32.1. The van der Waals surface area contributed by atoms with Crippen molar-refractivity contribution < 1.29 is 9.32 Å². The van der Waals surface area contributed by atoms with Gasteiger partial charge in [0.05, 0.1) is 10.8 Å². The summed E-state index contributed by atoms with van der Waals surface area (Å²) in [6, 6.07) is 13.6. The van der Waals surface area contributed by atoms with Gasteiger partial charge in [0, 0.05) is 18.7 Å². The lowest BCUT2D eigenvalue weighted by Gasteiger charge is -2.15. The predicted octanol–water partition coefficient (Wildman–Crippen LogP) is 3.32. The van der Waals surface area contributed by atoms with Gasteiger partial charge in [0.1, 0.15) is 0 Å². The number of nitrogens with zero attached hydrogens (tertiary/aromatic N) is 3. The van der Waals surface area contributed by atoms with Crippen LogP contribution < -0.4 is 4.90 Å². The van der Waals surface area contributed by atoms with E-state index in [2.05, 4.69) is 10.1 Å². The molecule has 2 aromatic heterocycles. The maximum Gasteiger partial charge on any atom is 0.232 e. The van der Waals surface area contributed by atoms with Crippen LogP contribution in [0.2, 0.25) is 0 Å². The van der Waals surface area contributed by atoms with E-state index in [1.807, 2.05) is 47.8 Å². The van der Waals surface area contributed by atoms with E-state index in [0.29, 0.717) is 24.7 Å². The molecule has 110 valence electrons. The lowest BCUT2D eigenvalue weighted by molar-refractivity contribution is -0.117. The molecule has 1 atom stereocenters. The summed E-state index contributed by atoms with van der Waals surface area (Å²) in [5, 5.41) is 5.99. The van der Waals surface area contributed by atoms with Crippen LogP contribution in [-0.2, 0) is 4.79 Å². The van der Waals surface area contributed by atoms with Gasteiger partial charge in [-0.05, 0) is 23.6 Å². The first-order valence-corrected chi connectivity index (χ1v) is 7.92. The van der Waals surface area contributed by atoms with Crippen LogP contribution in [0, 0.1) is 0 Å². The summed E-state index contributed by atoms with van der Waals surface area (Å²) in [5.74, 6) is 1.17. The van der Waals surface area contributed by atoms with E-state index in [4.69, 9.17) is 4.52 Å². The van der Waals surface area contributed by atoms with Crippen molar-refractivity contribution >= 4 is 22.9 Å². The molecule has 1 saturated heterocycles. The van der Waals surface area contributed by atoms with Crippen LogP contribution in [-0.4, -0.2) is 22.6 Å². The minimum Gasteiger partial charge on any atom is -0.339 e. The molecule has 0 bridgehead atoms. The molecular formula is C16H13N3O2S. The second kappa shape index (κ2) is 5.38. The molecule has 1 fully saturated rings. The van der Waals surface area contributed by atoms with Crippen molar-refractivity contribution in [2.45, 2.75) is 12.3 Å². The lowest BCUT2D eigenvalue weighted by atomic mass is 10.1. The standard InChI is InChI=1S/C16H13N3O2S/c20-14-9-11(10-19(14)12-5-2-1-3-6-12)16-17-15(18-21-16)13-7-4-8-22-13/h1-8,11H,9-10H2/t11-/m0/s1. The zero-order chi connectivity index (χ0) is 14.9. The SMILES string of the molecule is O=C1C[C@H](c2nc(-c3cccs3)no2)CN1c1ccccc1. The highest BCUT2D eigenvalue weighted by Crippen LogP contribution is 2.32. The molecule has 1 amide bonds. The summed E-state index contributed by atoms with van der Waals surface area (Å²) >= 11 is 1.57. The topological polar surface area (TPSA) is 59.2 Å². The third-order valence-electron chi connectivity index (χ3n) is 3.73.